The van der Waals surface area contributed by atoms with Crippen LogP contribution in [0.4, 0.5) is 0 Å². The number of ether oxygens (including phenoxy) is 1. The minimum Gasteiger partial charge on any atom is -0.494 e. The Labute approximate surface area is 116 Å². The van der Waals surface area contributed by atoms with E-state index in [-0.39, 0.29) is 0 Å². The maximum atomic E-state index is 5.89. The van der Waals surface area contributed by atoms with Gasteiger partial charge in [0.05, 0.1) is 6.61 Å². The van der Waals surface area contributed by atoms with Gasteiger partial charge in [-0.25, -0.2) is 0 Å². The Morgan fingerprint density at radius 2 is 2.00 bits per heavy atom. The van der Waals surface area contributed by atoms with Gasteiger partial charge >= 0.3 is 0 Å². The Balaban J connectivity index is 1.87. The van der Waals surface area contributed by atoms with E-state index >= 15 is 0 Å². The zero-order valence-corrected chi connectivity index (χ0v) is 12.1. The van der Waals surface area contributed by atoms with Gasteiger partial charge in [-0.1, -0.05) is 19.1 Å². The fraction of sp³-hybridized carbons (Fsp3) is 0.625. The summed E-state index contributed by atoms with van der Waals surface area (Å²) in [4.78, 5) is 2.39. The second-order valence-electron chi connectivity index (χ2n) is 5.55. The van der Waals surface area contributed by atoms with Gasteiger partial charge in [-0.05, 0) is 49.9 Å². The zero-order chi connectivity index (χ0) is 13.7. The number of rotatable bonds is 8. The van der Waals surface area contributed by atoms with E-state index in [2.05, 4.69) is 43.1 Å². The lowest BCUT2D eigenvalue weighted by Crippen LogP contribution is -2.39. The summed E-state index contributed by atoms with van der Waals surface area (Å²) < 4.78 is 5.60. The van der Waals surface area contributed by atoms with E-state index in [4.69, 9.17) is 10.5 Å². The van der Waals surface area contributed by atoms with Crippen molar-refractivity contribution in [3.8, 4) is 5.75 Å². The summed E-state index contributed by atoms with van der Waals surface area (Å²) in [7, 11) is 2.18. The summed E-state index contributed by atoms with van der Waals surface area (Å²) >= 11 is 0. The average molecular weight is 262 g/mol. The molecule has 2 N–H and O–H groups in total. The molecule has 0 spiro atoms. The quantitative estimate of drug-likeness (QED) is 0.782. The Morgan fingerprint density at radius 1 is 1.32 bits per heavy atom. The van der Waals surface area contributed by atoms with Crippen molar-refractivity contribution in [2.24, 2.45) is 11.7 Å². The van der Waals surface area contributed by atoms with Crippen molar-refractivity contribution in [2.75, 3.05) is 20.2 Å². The minimum atomic E-state index is 0.538. The van der Waals surface area contributed by atoms with Crippen LogP contribution in [0.25, 0.3) is 0 Å². The van der Waals surface area contributed by atoms with Crippen LogP contribution in [0, 0.1) is 5.92 Å². The van der Waals surface area contributed by atoms with Crippen LogP contribution in [0.5, 0.6) is 5.75 Å². The van der Waals surface area contributed by atoms with Crippen molar-refractivity contribution in [1.82, 2.24) is 4.90 Å². The zero-order valence-electron chi connectivity index (χ0n) is 12.1. The van der Waals surface area contributed by atoms with E-state index in [0.717, 1.165) is 37.8 Å². The molecule has 0 bridgehead atoms. The van der Waals surface area contributed by atoms with Gasteiger partial charge in [-0.2, -0.15) is 0 Å². The lowest BCUT2D eigenvalue weighted by Gasteiger charge is -2.27. The second kappa shape index (κ2) is 6.92. The molecule has 0 amide bonds. The average Bonchev–Trinajstić information content (AvgIpc) is 3.23. The molecule has 0 radical (unpaired) electrons. The number of likely N-dealkylation sites (N-methyl/N-ethyl adjacent to an activating group) is 1. The molecule has 1 saturated carbocycles. The van der Waals surface area contributed by atoms with Crippen LogP contribution in [0.15, 0.2) is 24.3 Å². The highest BCUT2D eigenvalue weighted by molar-refractivity contribution is 5.27. The number of benzene rings is 1. The topological polar surface area (TPSA) is 38.5 Å². The highest BCUT2D eigenvalue weighted by atomic mass is 16.5. The van der Waals surface area contributed by atoms with Crippen LogP contribution in [0.2, 0.25) is 0 Å². The normalized spacial score (nSPS) is 16.6. The van der Waals surface area contributed by atoms with Gasteiger partial charge in [0.15, 0.2) is 0 Å². The Hall–Kier alpha value is -1.06. The number of nitrogens with zero attached hydrogens (tertiary/aromatic N) is 1. The van der Waals surface area contributed by atoms with Crippen molar-refractivity contribution >= 4 is 0 Å². The highest BCUT2D eigenvalue weighted by Crippen LogP contribution is 2.34. The molecular formula is C16H26N2O. The third-order valence-corrected chi connectivity index (χ3v) is 3.80. The van der Waals surface area contributed by atoms with E-state index < -0.39 is 0 Å². The molecule has 3 nitrogen and oxygen atoms in total. The molecular weight excluding hydrogens is 236 g/mol. The van der Waals surface area contributed by atoms with Crippen LogP contribution in [-0.4, -0.2) is 31.1 Å². The summed E-state index contributed by atoms with van der Waals surface area (Å²) in [6.07, 6.45) is 3.73. The largest absolute Gasteiger partial charge is 0.494 e. The molecule has 1 atom stereocenters. The fourth-order valence-corrected chi connectivity index (χ4v) is 2.53. The lowest BCUT2D eigenvalue weighted by molar-refractivity contribution is 0.215. The molecule has 1 aromatic carbocycles. The SMILES string of the molecule is CCCOc1ccc(CN(C)C(CN)C2CC2)cc1. The van der Waals surface area contributed by atoms with Crippen LogP contribution in [-0.2, 0) is 6.54 Å². The fourth-order valence-electron chi connectivity index (χ4n) is 2.53. The van der Waals surface area contributed by atoms with Crippen LogP contribution in [0.3, 0.4) is 0 Å². The Kier molecular flexibility index (Phi) is 5.23. The third kappa shape index (κ3) is 4.22. The highest BCUT2D eigenvalue weighted by Gasteiger charge is 2.32. The predicted octanol–water partition coefficient (Wildman–Crippen LogP) is 2.64. The molecule has 1 aliphatic rings. The summed E-state index contributed by atoms with van der Waals surface area (Å²) in [5.41, 5.74) is 7.21. The van der Waals surface area contributed by atoms with Gasteiger partial charge in [-0.3, -0.25) is 4.90 Å². The first-order valence-electron chi connectivity index (χ1n) is 7.36. The maximum absolute atomic E-state index is 5.89. The number of nitrogens with two attached hydrogens (primary N) is 1. The summed E-state index contributed by atoms with van der Waals surface area (Å²) in [5, 5.41) is 0. The second-order valence-corrected chi connectivity index (χ2v) is 5.55. The van der Waals surface area contributed by atoms with Gasteiger partial charge in [-0.15, -0.1) is 0 Å². The van der Waals surface area contributed by atoms with Gasteiger partial charge < -0.3 is 10.5 Å². The smallest absolute Gasteiger partial charge is 0.119 e. The minimum absolute atomic E-state index is 0.538. The summed E-state index contributed by atoms with van der Waals surface area (Å²) in [6, 6.07) is 8.97. The third-order valence-electron chi connectivity index (χ3n) is 3.80. The Bertz CT molecular complexity index is 373. The number of hydrogen-bond donors (Lipinski definition) is 1. The van der Waals surface area contributed by atoms with Crippen molar-refractivity contribution in [2.45, 2.75) is 38.8 Å². The molecule has 1 aromatic rings. The van der Waals surface area contributed by atoms with Crippen molar-refractivity contribution < 1.29 is 4.74 Å². The maximum Gasteiger partial charge on any atom is 0.119 e. The van der Waals surface area contributed by atoms with Gasteiger partial charge in [0.25, 0.3) is 0 Å². The predicted molar refractivity (Wildman–Crippen MR) is 79.3 cm³/mol. The van der Waals surface area contributed by atoms with E-state index in [1.54, 1.807) is 0 Å². The molecule has 3 heteroatoms. The van der Waals surface area contributed by atoms with E-state index in [0.29, 0.717) is 6.04 Å². The van der Waals surface area contributed by atoms with Crippen molar-refractivity contribution in [1.29, 1.82) is 0 Å². The van der Waals surface area contributed by atoms with Crippen LogP contribution in [0.1, 0.15) is 31.7 Å². The summed E-state index contributed by atoms with van der Waals surface area (Å²) in [5.74, 6) is 1.79. The molecule has 0 aromatic heterocycles. The van der Waals surface area contributed by atoms with E-state index in [1.165, 1.54) is 18.4 Å². The molecule has 0 heterocycles. The van der Waals surface area contributed by atoms with Crippen LogP contribution >= 0.6 is 0 Å². The summed E-state index contributed by atoms with van der Waals surface area (Å²) in [6.45, 7) is 4.63. The van der Waals surface area contributed by atoms with E-state index in [1.807, 2.05) is 0 Å². The molecule has 0 aliphatic heterocycles. The van der Waals surface area contributed by atoms with Crippen molar-refractivity contribution in [3.05, 3.63) is 29.8 Å². The lowest BCUT2D eigenvalue weighted by atomic mass is 10.1. The molecule has 19 heavy (non-hydrogen) atoms. The van der Waals surface area contributed by atoms with Gasteiger partial charge in [0.2, 0.25) is 0 Å². The van der Waals surface area contributed by atoms with Crippen molar-refractivity contribution in [3.63, 3.8) is 0 Å². The van der Waals surface area contributed by atoms with Gasteiger partial charge in [0.1, 0.15) is 5.75 Å². The Morgan fingerprint density at radius 3 is 2.53 bits per heavy atom. The standard InChI is InChI=1S/C16H26N2O/c1-3-10-19-15-8-4-13(5-9-15)12-18(2)16(11-17)14-6-7-14/h4-5,8-9,14,16H,3,6-7,10-12,17H2,1-2H3. The number of hydrogen-bond acceptors (Lipinski definition) is 3. The molecule has 106 valence electrons. The monoisotopic (exact) mass is 262 g/mol. The molecule has 1 aliphatic carbocycles. The molecule has 1 unspecified atom stereocenters. The molecule has 2 rings (SSSR count). The first-order valence-corrected chi connectivity index (χ1v) is 7.36. The first-order chi connectivity index (χ1) is 9.24. The first kappa shape index (κ1) is 14.4. The molecule has 0 saturated heterocycles. The molecule has 1 fully saturated rings. The van der Waals surface area contributed by atoms with Gasteiger partial charge in [0, 0.05) is 19.1 Å². The van der Waals surface area contributed by atoms with Crippen LogP contribution < -0.4 is 10.5 Å². The van der Waals surface area contributed by atoms with E-state index in [9.17, 15) is 0 Å².